The molecule has 2 rings (SSSR count). The molecule has 0 saturated carbocycles. The molecule has 0 aliphatic heterocycles. The number of pyridine rings is 1. The van der Waals surface area contributed by atoms with Gasteiger partial charge in [-0.3, -0.25) is 4.57 Å². The number of nitrogens with zero attached hydrogens (tertiary/aromatic N) is 3. The highest BCUT2D eigenvalue weighted by Gasteiger charge is 2.32. The summed E-state index contributed by atoms with van der Waals surface area (Å²) < 4.78 is 38.6. The van der Waals surface area contributed by atoms with Crippen LogP contribution in [0.1, 0.15) is 25.1 Å². The van der Waals surface area contributed by atoms with Crippen molar-refractivity contribution in [2.45, 2.75) is 32.5 Å². The van der Waals surface area contributed by atoms with Gasteiger partial charge in [-0.2, -0.15) is 13.2 Å². The molecule has 0 aliphatic rings. The Balaban J connectivity index is 2.49. The summed E-state index contributed by atoms with van der Waals surface area (Å²) in [5, 5.41) is 0. The third kappa shape index (κ3) is 2.39. The first-order chi connectivity index (χ1) is 8.28. The molecule has 2 N–H and O–H groups in total. The quantitative estimate of drug-likeness (QED) is 0.901. The summed E-state index contributed by atoms with van der Waals surface area (Å²) in [6.07, 6.45) is -5.20. The number of nitrogen functional groups attached to an aromatic ring is 1. The molecule has 2 aromatic rings. The van der Waals surface area contributed by atoms with E-state index in [1.807, 2.05) is 0 Å². The van der Waals surface area contributed by atoms with E-state index in [-0.39, 0.29) is 5.95 Å². The zero-order valence-corrected chi connectivity index (χ0v) is 9.99. The normalized spacial score (nSPS) is 14.1. The third-order valence-electron chi connectivity index (χ3n) is 2.67. The van der Waals surface area contributed by atoms with Gasteiger partial charge in [-0.1, -0.05) is 0 Å². The van der Waals surface area contributed by atoms with Gasteiger partial charge in [0.1, 0.15) is 5.52 Å². The van der Waals surface area contributed by atoms with E-state index in [0.717, 1.165) is 0 Å². The van der Waals surface area contributed by atoms with Crippen molar-refractivity contribution in [2.75, 3.05) is 5.73 Å². The van der Waals surface area contributed by atoms with Crippen LogP contribution in [0, 0.1) is 6.92 Å². The molecule has 2 heterocycles. The number of fused-ring (bicyclic) bond motifs is 1. The van der Waals surface area contributed by atoms with E-state index in [4.69, 9.17) is 5.73 Å². The summed E-state index contributed by atoms with van der Waals surface area (Å²) in [4.78, 5) is 8.22. The zero-order valence-electron chi connectivity index (χ0n) is 9.99. The molecular weight excluding hydrogens is 245 g/mol. The lowest BCUT2D eigenvalue weighted by atomic mass is 10.2. The van der Waals surface area contributed by atoms with E-state index in [1.54, 1.807) is 19.1 Å². The molecule has 0 amide bonds. The van der Waals surface area contributed by atoms with Crippen LogP contribution in [-0.4, -0.2) is 20.7 Å². The Morgan fingerprint density at radius 2 is 2.00 bits per heavy atom. The summed E-state index contributed by atoms with van der Waals surface area (Å²) in [6.45, 7) is 3.22. The lowest BCUT2D eigenvalue weighted by Gasteiger charge is -2.17. The van der Waals surface area contributed by atoms with Gasteiger partial charge in [0.2, 0.25) is 5.95 Å². The molecule has 0 radical (unpaired) electrons. The topological polar surface area (TPSA) is 56.7 Å². The van der Waals surface area contributed by atoms with Gasteiger partial charge in [-0.15, -0.1) is 0 Å². The van der Waals surface area contributed by atoms with Crippen LogP contribution in [0.3, 0.4) is 0 Å². The Kier molecular flexibility index (Phi) is 2.92. The van der Waals surface area contributed by atoms with E-state index in [0.29, 0.717) is 16.9 Å². The minimum Gasteiger partial charge on any atom is -0.369 e. The van der Waals surface area contributed by atoms with Crippen LogP contribution in [0.5, 0.6) is 0 Å². The van der Waals surface area contributed by atoms with Crippen LogP contribution in [-0.2, 0) is 0 Å². The summed E-state index contributed by atoms with van der Waals surface area (Å²) in [6, 6.07) is 2.61. The highest BCUT2D eigenvalue weighted by atomic mass is 19.4. The minimum atomic E-state index is -4.24. The number of aromatic nitrogens is 3. The van der Waals surface area contributed by atoms with Crippen LogP contribution < -0.4 is 5.73 Å². The van der Waals surface area contributed by atoms with Crippen molar-refractivity contribution in [3.63, 3.8) is 0 Å². The van der Waals surface area contributed by atoms with E-state index in [2.05, 4.69) is 9.97 Å². The Morgan fingerprint density at radius 3 is 2.61 bits per heavy atom. The first-order valence-electron chi connectivity index (χ1n) is 5.46. The number of nitrogens with two attached hydrogens (primary N) is 1. The van der Waals surface area contributed by atoms with Crippen molar-refractivity contribution in [3.8, 4) is 0 Å². The second-order valence-electron chi connectivity index (χ2n) is 4.30. The first kappa shape index (κ1) is 12.7. The molecule has 4 nitrogen and oxygen atoms in total. The van der Waals surface area contributed by atoms with Gasteiger partial charge >= 0.3 is 6.18 Å². The highest BCUT2D eigenvalue weighted by Crippen LogP contribution is 2.31. The Hall–Kier alpha value is -1.79. The van der Waals surface area contributed by atoms with Crippen molar-refractivity contribution in [1.29, 1.82) is 0 Å². The predicted molar refractivity (Wildman–Crippen MR) is 62.1 cm³/mol. The van der Waals surface area contributed by atoms with Gasteiger partial charge in [0.15, 0.2) is 5.65 Å². The number of anilines is 1. The molecule has 0 spiro atoms. The summed E-state index contributed by atoms with van der Waals surface area (Å²) in [5.74, 6) is 0.0554. The number of aryl methyl sites for hydroxylation is 1. The fraction of sp³-hybridized carbons (Fsp3) is 0.455. The van der Waals surface area contributed by atoms with Gasteiger partial charge in [0.05, 0.1) is 6.42 Å². The maximum absolute atomic E-state index is 12.4. The number of halogens is 3. The highest BCUT2D eigenvalue weighted by molar-refractivity contribution is 5.74. The number of rotatable bonds is 2. The van der Waals surface area contributed by atoms with E-state index >= 15 is 0 Å². The molecule has 18 heavy (non-hydrogen) atoms. The van der Waals surface area contributed by atoms with Crippen molar-refractivity contribution >= 4 is 17.1 Å². The number of alkyl halides is 3. The zero-order chi connectivity index (χ0) is 13.5. The maximum Gasteiger partial charge on any atom is 0.391 e. The van der Waals surface area contributed by atoms with Gasteiger partial charge in [-0.05, 0) is 26.0 Å². The van der Waals surface area contributed by atoms with Gasteiger partial charge < -0.3 is 5.73 Å². The van der Waals surface area contributed by atoms with Crippen molar-refractivity contribution in [2.24, 2.45) is 0 Å². The summed E-state index contributed by atoms with van der Waals surface area (Å²) >= 11 is 0. The SMILES string of the molecule is Cc1ccc2nc(N)n(C(C)CC(F)(F)F)c2n1. The van der Waals surface area contributed by atoms with E-state index in [1.165, 1.54) is 11.5 Å². The van der Waals surface area contributed by atoms with Gasteiger partial charge in [-0.25, -0.2) is 9.97 Å². The number of imidazole rings is 1. The minimum absolute atomic E-state index is 0.0554. The van der Waals surface area contributed by atoms with E-state index in [9.17, 15) is 13.2 Å². The molecule has 98 valence electrons. The van der Waals surface area contributed by atoms with Crippen LogP contribution >= 0.6 is 0 Å². The largest absolute Gasteiger partial charge is 0.391 e. The standard InChI is InChI=1S/C11H13F3N4/c1-6-3-4-8-9(16-6)18(10(15)17-8)7(2)5-11(12,13)14/h3-4,7H,5H2,1-2H3,(H2,15,17). The average Bonchev–Trinajstić information content (AvgIpc) is 2.50. The van der Waals surface area contributed by atoms with Gasteiger partial charge in [0, 0.05) is 11.7 Å². The molecule has 7 heteroatoms. The molecule has 2 aromatic heterocycles. The Bertz CT molecular complexity index is 573. The number of hydrogen-bond acceptors (Lipinski definition) is 3. The molecule has 0 saturated heterocycles. The lowest BCUT2D eigenvalue weighted by Crippen LogP contribution is -2.18. The van der Waals surface area contributed by atoms with Crippen LogP contribution in [0.15, 0.2) is 12.1 Å². The van der Waals surface area contributed by atoms with E-state index < -0.39 is 18.6 Å². The van der Waals surface area contributed by atoms with Gasteiger partial charge in [0.25, 0.3) is 0 Å². The Morgan fingerprint density at radius 1 is 1.33 bits per heavy atom. The second kappa shape index (κ2) is 4.15. The molecule has 1 unspecified atom stereocenters. The van der Waals surface area contributed by atoms with Crippen molar-refractivity contribution in [1.82, 2.24) is 14.5 Å². The first-order valence-corrected chi connectivity index (χ1v) is 5.46. The monoisotopic (exact) mass is 258 g/mol. The predicted octanol–water partition coefficient (Wildman–Crippen LogP) is 2.84. The molecule has 1 atom stereocenters. The van der Waals surface area contributed by atoms with Crippen molar-refractivity contribution in [3.05, 3.63) is 17.8 Å². The van der Waals surface area contributed by atoms with Crippen LogP contribution in [0.2, 0.25) is 0 Å². The number of hydrogen-bond donors (Lipinski definition) is 1. The fourth-order valence-electron chi connectivity index (χ4n) is 1.95. The second-order valence-corrected chi connectivity index (χ2v) is 4.30. The lowest BCUT2D eigenvalue weighted by molar-refractivity contribution is -0.141. The molecule has 0 bridgehead atoms. The third-order valence-corrected chi connectivity index (χ3v) is 2.67. The smallest absolute Gasteiger partial charge is 0.369 e. The van der Waals surface area contributed by atoms with Crippen LogP contribution in [0.25, 0.3) is 11.2 Å². The molecular formula is C11H13F3N4. The molecule has 0 aromatic carbocycles. The van der Waals surface area contributed by atoms with Crippen molar-refractivity contribution < 1.29 is 13.2 Å². The molecule has 0 fully saturated rings. The molecule has 0 aliphatic carbocycles. The average molecular weight is 258 g/mol. The summed E-state index contributed by atoms with van der Waals surface area (Å²) in [5.41, 5.74) is 7.28. The summed E-state index contributed by atoms with van der Waals surface area (Å²) in [7, 11) is 0. The fourth-order valence-corrected chi connectivity index (χ4v) is 1.95. The maximum atomic E-state index is 12.4. The van der Waals surface area contributed by atoms with Crippen LogP contribution in [0.4, 0.5) is 19.1 Å². The Labute approximate surface area is 102 Å².